The number of nitrogens with one attached hydrogen (secondary N) is 2. The summed E-state index contributed by atoms with van der Waals surface area (Å²) in [6.45, 7) is 5.50. The average Bonchev–Trinajstić information content (AvgIpc) is 2.86. The van der Waals surface area contributed by atoms with E-state index >= 15 is 0 Å². The number of aryl methyl sites for hydroxylation is 2. The number of carbonyl (C=O) groups is 1. The minimum Gasteiger partial charge on any atom is -0.493 e. The van der Waals surface area contributed by atoms with Gasteiger partial charge in [-0.3, -0.25) is 4.79 Å². The average molecular weight is 373 g/mol. The lowest BCUT2D eigenvalue weighted by Gasteiger charge is -2.16. The van der Waals surface area contributed by atoms with Gasteiger partial charge in [0.1, 0.15) is 12.4 Å². The number of nitrogens with zero attached hydrogens (tertiary/aromatic N) is 1. The van der Waals surface area contributed by atoms with Gasteiger partial charge in [0.15, 0.2) is 11.5 Å². The number of hydrogen-bond acceptors (Lipinski definition) is 6. The van der Waals surface area contributed by atoms with Crippen molar-refractivity contribution in [3.63, 3.8) is 0 Å². The molecule has 7 nitrogen and oxygen atoms in total. The van der Waals surface area contributed by atoms with E-state index in [1.807, 2.05) is 32.0 Å². The van der Waals surface area contributed by atoms with E-state index in [0.717, 1.165) is 48.4 Å². The molecule has 1 atom stereocenters. The predicted molar refractivity (Wildman–Crippen MR) is 101 cm³/mol. The zero-order valence-electron chi connectivity index (χ0n) is 16.1. The van der Waals surface area contributed by atoms with Crippen LogP contribution in [-0.4, -0.2) is 30.8 Å². The van der Waals surface area contributed by atoms with Crippen LogP contribution in [0.3, 0.4) is 0 Å². The van der Waals surface area contributed by atoms with Gasteiger partial charge in [-0.25, -0.2) is 0 Å². The van der Waals surface area contributed by atoms with Crippen LogP contribution < -0.4 is 20.1 Å². The zero-order chi connectivity index (χ0) is 19.2. The van der Waals surface area contributed by atoms with Crippen molar-refractivity contribution in [1.29, 1.82) is 0 Å². The highest BCUT2D eigenvalue weighted by Gasteiger charge is 2.20. The summed E-state index contributed by atoms with van der Waals surface area (Å²) in [5.74, 6) is 2.16. The number of hydrogen-bond donors (Lipinski definition) is 2. The lowest BCUT2D eigenvalue weighted by Crippen LogP contribution is -2.42. The molecule has 1 saturated heterocycles. The third-order valence-corrected chi connectivity index (χ3v) is 4.87. The summed E-state index contributed by atoms with van der Waals surface area (Å²) in [5.41, 5.74) is 2.81. The second kappa shape index (κ2) is 8.90. The molecular formula is C20H27N3O4. The lowest BCUT2D eigenvalue weighted by atomic mass is 10.1. The molecular weight excluding hydrogens is 346 g/mol. The molecule has 0 aliphatic carbocycles. The van der Waals surface area contributed by atoms with Crippen LogP contribution in [0.5, 0.6) is 11.5 Å². The van der Waals surface area contributed by atoms with Gasteiger partial charge in [-0.2, -0.15) is 0 Å². The molecule has 3 rings (SSSR count). The summed E-state index contributed by atoms with van der Waals surface area (Å²) in [5, 5.41) is 10.2. The maximum Gasteiger partial charge on any atom is 0.237 e. The normalized spacial score (nSPS) is 17.3. The Morgan fingerprint density at radius 3 is 2.89 bits per heavy atom. The zero-order valence-corrected chi connectivity index (χ0v) is 16.1. The molecule has 27 heavy (non-hydrogen) atoms. The number of carbonyl (C=O) groups excluding carboxylic acids is 1. The number of rotatable bonds is 7. The Kier molecular flexibility index (Phi) is 6.34. The molecule has 0 bridgehead atoms. The molecule has 1 amide bonds. The summed E-state index contributed by atoms with van der Waals surface area (Å²) in [4.78, 5) is 12.0. The Morgan fingerprint density at radius 1 is 1.30 bits per heavy atom. The Bertz CT molecular complexity index is 768. The Hall–Kier alpha value is -2.54. The van der Waals surface area contributed by atoms with Crippen molar-refractivity contribution in [3.05, 3.63) is 40.8 Å². The first-order valence-electron chi connectivity index (χ1n) is 9.31. The van der Waals surface area contributed by atoms with E-state index in [4.69, 9.17) is 14.0 Å². The molecule has 7 heteroatoms. The largest absolute Gasteiger partial charge is 0.493 e. The molecule has 0 spiro atoms. The van der Waals surface area contributed by atoms with E-state index in [-0.39, 0.29) is 11.9 Å². The maximum absolute atomic E-state index is 12.0. The summed E-state index contributed by atoms with van der Waals surface area (Å²) >= 11 is 0. The van der Waals surface area contributed by atoms with Gasteiger partial charge >= 0.3 is 0 Å². The number of amides is 1. The summed E-state index contributed by atoms with van der Waals surface area (Å²) in [6, 6.07) is 5.66. The van der Waals surface area contributed by atoms with Gasteiger partial charge in [-0.1, -0.05) is 11.2 Å². The highest BCUT2D eigenvalue weighted by atomic mass is 16.5. The molecule has 1 fully saturated rings. The molecule has 1 unspecified atom stereocenters. The fraction of sp³-hybridized carbons (Fsp3) is 0.500. The first-order chi connectivity index (χ1) is 13.1. The van der Waals surface area contributed by atoms with Crippen molar-refractivity contribution in [1.82, 2.24) is 15.8 Å². The van der Waals surface area contributed by atoms with Crippen LogP contribution in [0, 0.1) is 13.8 Å². The third kappa shape index (κ3) is 4.80. The first-order valence-corrected chi connectivity index (χ1v) is 9.31. The Morgan fingerprint density at radius 2 is 2.15 bits per heavy atom. The number of methoxy groups -OCH3 is 1. The van der Waals surface area contributed by atoms with Gasteiger partial charge in [0, 0.05) is 13.1 Å². The van der Waals surface area contributed by atoms with E-state index in [1.165, 1.54) is 0 Å². The topological polar surface area (TPSA) is 85.6 Å². The Balaban J connectivity index is 1.62. The van der Waals surface area contributed by atoms with Crippen molar-refractivity contribution in [2.75, 3.05) is 13.7 Å². The van der Waals surface area contributed by atoms with Gasteiger partial charge in [0.25, 0.3) is 0 Å². The fourth-order valence-corrected chi connectivity index (χ4v) is 3.17. The summed E-state index contributed by atoms with van der Waals surface area (Å²) < 4.78 is 16.6. The number of ether oxygens (including phenoxy) is 2. The third-order valence-electron chi connectivity index (χ3n) is 4.87. The highest BCUT2D eigenvalue weighted by molar-refractivity contribution is 5.81. The summed E-state index contributed by atoms with van der Waals surface area (Å²) in [7, 11) is 1.62. The van der Waals surface area contributed by atoms with Crippen LogP contribution in [0.25, 0.3) is 0 Å². The molecule has 146 valence electrons. The molecule has 1 aliphatic rings. The molecule has 2 N–H and O–H groups in total. The van der Waals surface area contributed by atoms with Crippen LogP contribution in [0.4, 0.5) is 0 Å². The summed E-state index contributed by atoms with van der Waals surface area (Å²) in [6.07, 6.45) is 2.95. The van der Waals surface area contributed by atoms with Crippen molar-refractivity contribution in [3.8, 4) is 11.5 Å². The quantitative estimate of drug-likeness (QED) is 0.776. The highest BCUT2D eigenvalue weighted by Crippen LogP contribution is 2.29. The fourth-order valence-electron chi connectivity index (χ4n) is 3.17. The second-order valence-electron chi connectivity index (χ2n) is 6.80. The minimum atomic E-state index is -0.144. The van der Waals surface area contributed by atoms with E-state index in [2.05, 4.69) is 15.8 Å². The molecule has 2 heterocycles. The van der Waals surface area contributed by atoms with Gasteiger partial charge in [0.2, 0.25) is 5.91 Å². The minimum absolute atomic E-state index is 0.0823. The second-order valence-corrected chi connectivity index (χ2v) is 6.80. The van der Waals surface area contributed by atoms with Gasteiger partial charge < -0.3 is 24.6 Å². The van der Waals surface area contributed by atoms with Crippen LogP contribution in [0.2, 0.25) is 0 Å². The standard InChI is InChI=1S/C20H27N3O4/c1-13-16(14(2)27-23-13)12-26-18-8-7-15(10-19(18)25-3)11-22-17-6-4-5-9-21-20(17)24/h7-8,10,17,22H,4-6,9,11-12H2,1-3H3,(H,21,24). The van der Waals surface area contributed by atoms with Crippen molar-refractivity contribution in [2.24, 2.45) is 0 Å². The first kappa shape index (κ1) is 19.2. The van der Waals surface area contributed by atoms with Crippen molar-refractivity contribution in [2.45, 2.75) is 52.3 Å². The molecule has 0 saturated carbocycles. The van der Waals surface area contributed by atoms with Gasteiger partial charge in [-0.05, 0) is 50.8 Å². The number of benzene rings is 1. The van der Waals surface area contributed by atoms with Crippen LogP contribution in [0.1, 0.15) is 41.8 Å². The maximum atomic E-state index is 12.0. The smallest absolute Gasteiger partial charge is 0.237 e. The SMILES string of the molecule is COc1cc(CNC2CCCCNC2=O)ccc1OCc1c(C)noc1C. The van der Waals surface area contributed by atoms with E-state index in [9.17, 15) is 4.79 Å². The van der Waals surface area contributed by atoms with E-state index < -0.39 is 0 Å². The van der Waals surface area contributed by atoms with Gasteiger partial charge in [-0.15, -0.1) is 0 Å². The van der Waals surface area contributed by atoms with Crippen LogP contribution in [0.15, 0.2) is 22.7 Å². The van der Waals surface area contributed by atoms with Crippen LogP contribution in [-0.2, 0) is 17.9 Å². The molecule has 2 aromatic rings. The van der Waals surface area contributed by atoms with E-state index in [1.54, 1.807) is 7.11 Å². The van der Waals surface area contributed by atoms with Gasteiger partial charge in [0.05, 0.1) is 24.4 Å². The van der Waals surface area contributed by atoms with E-state index in [0.29, 0.717) is 24.7 Å². The van der Waals surface area contributed by atoms with Crippen LogP contribution >= 0.6 is 0 Å². The predicted octanol–water partition coefficient (Wildman–Crippen LogP) is 2.64. The molecule has 1 aromatic heterocycles. The van der Waals surface area contributed by atoms with Crippen molar-refractivity contribution >= 4 is 5.91 Å². The lowest BCUT2D eigenvalue weighted by molar-refractivity contribution is -0.122. The molecule has 0 radical (unpaired) electrons. The monoisotopic (exact) mass is 373 g/mol. The molecule has 1 aromatic carbocycles. The Labute approximate surface area is 159 Å². The molecule has 1 aliphatic heterocycles. The number of aromatic nitrogens is 1. The van der Waals surface area contributed by atoms with Crippen molar-refractivity contribution < 1.29 is 18.8 Å².